The molecule has 2 heterocycles. The predicted molar refractivity (Wildman–Crippen MR) is 108 cm³/mol. The third kappa shape index (κ3) is 2.38. The molecule has 1 N–H and O–H groups in total. The molecule has 0 aliphatic carbocycles. The number of anilines is 1. The normalized spacial score (nSPS) is 23.7. The average Bonchev–Trinajstić information content (AvgIpc) is 2.81. The van der Waals surface area contributed by atoms with Gasteiger partial charge in [0, 0.05) is 24.1 Å². The number of fused-ring (bicyclic) bond motifs is 3. The summed E-state index contributed by atoms with van der Waals surface area (Å²) < 4.78 is 0. The van der Waals surface area contributed by atoms with Gasteiger partial charge in [0.1, 0.15) is 5.66 Å². The fourth-order valence-electron chi connectivity index (χ4n) is 4.18. The molecule has 0 bridgehead atoms. The molecule has 1 atom stereocenters. The van der Waals surface area contributed by atoms with Crippen molar-refractivity contribution >= 4 is 40.9 Å². The van der Waals surface area contributed by atoms with Gasteiger partial charge in [-0.15, -0.1) is 0 Å². The molecule has 4 rings (SSSR count). The molecule has 134 valence electrons. The van der Waals surface area contributed by atoms with E-state index in [0.29, 0.717) is 23.0 Å². The molecule has 2 aliphatic heterocycles. The van der Waals surface area contributed by atoms with Crippen LogP contribution in [0.1, 0.15) is 31.4 Å². The summed E-state index contributed by atoms with van der Waals surface area (Å²) in [7, 11) is 0. The summed E-state index contributed by atoms with van der Waals surface area (Å²) in [5, 5.41) is 4.29. The Morgan fingerprint density at radius 2 is 1.88 bits per heavy atom. The van der Waals surface area contributed by atoms with E-state index < -0.39 is 5.66 Å². The first-order valence-corrected chi connectivity index (χ1v) is 9.44. The van der Waals surface area contributed by atoms with Crippen molar-refractivity contribution in [2.45, 2.75) is 31.3 Å². The first-order chi connectivity index (χ1) is 12.4. The fraction of sp³-hybridized carbons (Fsp3) is 0.286. The Bertz CT molecular complexity index is 922. The minimum atomic E-state index is -0.641. The zero-order chi connectivity index (χ0) is 18.5. The van der Waals surface area contributed by atoms with E-state index >= 15 is 0 Å². The maximum absolute atomic E-state index is 12.4. The first-order valence-electron chi connectivity index (χ1n) is 8.68. The highest BCUT2D eigenvalue weighted by Gasteiger charge is 2.57. The third-order valence-corrected chi connectivity index (χ3v) is 6.46. The van der Waals surface area contributed by atoms with Crippen LogP contribution >= 0.6 is 23.2 Å². The molecular weight excluding hydrogens is 367 g/mol. The molecule has 2 aromatic carbocycles. The highest BCUT2D eigenvalue weighted by atomic mass is 35.5. The molecule has 1 fully saturated rings. The number of nitrogens with one attached hydrogen (secondary N) is 1. The summed E-state index contributed by atoms with van der Waals surface area (Å²) >= 11 is 12.5. The van der Waals surface area contributed by atoms with Crippen LogP contribution in [0.5, 0.6) is 0 Å². The van der Waals surface area contributed by atoms with Crippen LogP contribution in [-0.4, -0.2) is 18.1 Å². The number of hydrogen-bond acceptors (Lipinski definition) is 2. The van der Waals surface area contributed by atoms with Gasteiger partial charge in [-0.1, -0.05) is 73.5 Å². The lowest BCUT2D eigenvalue weighted by Gasteiger charge is -2.49. The smallest absolute Gasteiger partial charge is 0.223 e. The van der Waals surface area contributed by atoms with E-state index in [0.717, 1.165) is 5.56 Å². The Balaban J connectivity index is 1.86. The van der Waals surface area contributed by atoms with Crippen LogP contribution in [0.3, 0.4) is 0 Å². The van der Waals surface area contributed by atoms with Gasteiger partial charge in [-0.3, -0.25) is 4.79 Å². The lowest BCUT2D eigenvalue weighted by molar-refractivity contribution is -0.124. The zero-order valence-corrected chi connectivity index (χ0v) is 16.2. The second-order valence-corrected chi connectivity index (χ2v) is 8.12. The van der Waals surface area contributed by atoms with Crippen molar-refractivity contribution in [3.8, 4) is 0 Å². The predicted octanol–water partition coefficient (Wildman–Crippen LogP) is 5.02. The lowest BCUT2D eigenvalue weighted by Crippen LogP contribution is -2.68. The second kappa shape index (κ2) is 6.04. The molecule has 3 nitrogen and oxygen atoms in total. The quantitative estimate of drug-likeness (QED) is 0.785. The maximum Gasteiger partial charge on any atom is 0.223 e. The molecule has 0 spiro atoms. The summed E-state index contributed by atoms with van der Waals surface area (Å²) in [6.07, 6.45) is 4.50. The van der Waals surface area contributed by atoms with E-state index in [9.17, 15) is 4.79 Å². The van der Waals surface area contributed by atoms with Gasteiger partial charge in [-0.05, 0) is 29.3 Å². The number of nitrogens with zero attached hydrogens (tertiary/aromatic N) is 1. The molecule has 0 aromatic heterocycles. The standard InChI is InChI=1S/C21H20Cl2N2O/c1-20(2)15-7-3-4-9-17(15)25-13-11-18(26)24-21(20,25)12-10-14-6-5-8-16(22)19(14)23/h3-10,12H,11,13H2,1-2H3,(H,24,26)/b12-10+/t21-/m1/s1. The molecule has 1 saturated heterocycles. The van der Waals surface area contributed by atoms with Gasteiger partial charge in [-0.2, -0.15) is 0 Å². The van der Waals surface area contributed by atoms with Crippen LogP contribution in [0.15, 0.2) is 48.5 Å². The number of carbonyl (C=O) groups excluding carboxylic acids is 1. The van der Waals surface area contributed by atoms with Crippen LogP contribution < -0.4 is 10.2 Å². The van der Waals surface area contributed by atoms with Gasteiger partial charge in [0.25, 0.3) is 0 Å². The highest BCUT2D eigenvalue weighted by Crippen LogP contribution is 2.52. The number of amides is 1. The Labute approximate surface area is 163 Å². The molecule has 5 heteroatoms. The van der Waals surface area contributed by atoms with E-state index in [-0.39, 0.29) is 11.3 Å². The second-order valence-electron chi connectivity index (χ2n) is 7.33. The van der Waals surface area contributed by atoms with Crippen LogP contribution in [0.4, 0.5) is 5.69 Å². The van der Waals surface area contributed by atoms with Gasteiger partial charge >= 0.3 is 0 Å². The summed E-state index contributed by atoms with van der Waals surface area (Å²) in [6.45, 7) is 5.02. The van der Waals surface area contributed by atoms with Gasteiger partial charge in [0.2, 0.25) is 5.91 Å². The number of para-hydroxylation sites is 1. The van der Waals surface area contributed by atoms with E-state index in [1.807, 2.05) is 30.3 Å². The summed E-state index contributed by atoms with van der Waals surface area (Å²) in [5.41, 5.74) is 2.28. The molecule has 1 amide bonds. The van der Waals surface area contributed by atoms with Crippen molar-refractivity contribution in [1.29, 1.82) is 0 Å². The van der Waals surface area contributed by atoms with Crippen LogP contribution in [0, 0.1) is 0 Å². The highest BCUT2D eigenvalue weighted by molar-refractivity contribution is 6.42. The van der Waals surface area contributed by atoms with Crippen LogP contribution in [0.2, 0.25) is 10.0 Å². The number of rotatable bonds is 2. The van der Waals surface area contributed by atoms with Crippen molar-refractivity contribution in [3.05, 3.63) is 69.7 Å². The monoisotopic (exact) mass is 386 g/mol. The topological polar surface area (TPSA) is 32.3 Å². The number of benzene rings is 2. The van der Waals surface area contributed by atoms with Gasteiger partial charge in [0.15, 0.2) is 0 Å². The third-order valence-electron chi connectivity index (χ3n) is 5.62. The summed E-state index contributed by atoms with van der Waals surface area (Å²) in [5.74, 6) is 0.0592. The van der Waals surface area contributed by atoms with Gasteiger partial charge in [0.05, 0.1) is 10.0 Å². The molecule has 26 heavy (non-hydrogen) atoms. The molecule has 0 unspecified atom stereocenters. The molecule has 0 saturated carbocycles. The Hall–Kier alpha value is -1.97. The average molecular weight is 387 g/mol. The summed E-state index contributed by atoms with van der Waals surface area (Å²) in [6, 6.07) is 13.9. The fourth-order valence-corrected chi connectivity index (χ4v) is 4.55. The van der Waals surface area contributed by atoms with Crippen molar-refractivity contribution in [2.24, 2.45) is 0 Å². The van der Waals surface area contributed by atoms with Crippen molar-refractivity contribution in [3.63, 3.8) is 0 Å². The zero-order valence-electron chi connectivity index (χ0n) is 14.7. The molecular formula is C21H20Cl2N2O. The Kier molecular flexibility index (Phi) is 4.05. The number of carbonyl (C=O) groups is 1. The van der Waals surface area contributed by atoms with E-state index in [2.05, 4.69) is 42.3 Å². The van der Waals surface area contributed by atoms with Crippen molar-refractivity contribution in [1.82, 2.24) is 5.32 Å². The maximum atomic E-state index is 12.4. The largest absolute Gasteiger partial charge is 0.344 e. The van der Waals surface area contributed by atoms with Gasteiger partial charge in [-0.25, -0.2) is 0 Å². The minimum absolute atomic E-state index is 0.0592. The molecule has 2 aromatic rings. The minimum Gasteiger partial charge on any atom is -0.344 e. The number of hydrogen-bond donors (Lipinski definition) is 1. The van der Waals surface area contributed by atoms with Crippen molar-refractivity contribution < 1.29 is 4.79 Å². The van der Waals surface area contributed by atoms with E-state index in [1.165, 1.54) is 11.3 Å². The number of halogens is 2. The first kappa shape index (κ1) is 17.4. The summed E-state index contributed by atoms with van der Waals surface area (Å²) in [4.78, 5) is 14.7. The lowest BCUT2D eigenvalue weighted by atomic mass is 9.74. The van der Waals surface area contributed by atoms with Crippen LogP contribution in [0.25, 0.3) is 6.08 Å². The SMILES string of the molecule is CC1(C)c2ccccc2N2CCC(=O)N[C@]21/C=C/c1cccc(Cl)c1Cl. The Morgan fingerprint density at radius 1 is 1.12 bits per heavy atom. The van der Waals surface area contributed by atoms with Crippen molar-refractivity contribution in [2.75, 3.05) is 11.4 Å². The molecule has 2 aliphatic rings. The van der Waals surface area contributed by atoms with E-state index in [4.69, 9.17) is 23.2 Å². The Morgan fingerprint density at radius 3 is 2.69 bits per heavy atom. The molecule has 0 radical (unpaired) electrons. The van der Waals surface area contributed by atoms with Crippen LogP contribution in [-0.2, 0) is 10.2 Å². The van der Waals surface area contributed by atoms with Gasteiger partial charge < -0.3 is 10.2 Å². The van der Waals surface area contributed by atoms with E-state index in [1.54, 1.807) is 6.07 Å².